The summed E-state index contributed by atoms with van der Waals surface area (Å²) in [6.45, 7) is 5.51. The normalized spacial score (nSPS) is 13.7. The lowest BCUT2D eigenvalue weighted by atomic mass is 10.1. The van der Waals surface area contributed by atoms with Gasteiger partial charge in [-0.3, -0.25) is 9.78 Å². The van der Waals surface area contributed by atoms with Crippen LogP contribution in [0.4, 0.5) is 5.69 Å². The van der Waals surface area contributed by atoms with Crippen molar-refractivity contribution in [2.24, 2.45) is 0 Å². The number of hydrogen-bond acceptors (Lipinski definition) is 5. The van der Waals surface area contributed by atoms with Gasteiger partial charge in [0.25, 0.3) is 5.91 Å². The van der Waals surface area contributed by atoms with Gasteiger partial charge in [-0.15, -0.1) is 0 Å². The first-order chi connectivity index (χ1) is 15.7. The molecule has 1 amide bonds. The number of rotatable bonds is 7. The summed E-state index contributed by atoms with van der Waals surface area (Å²) in [7, 11) is 0. The second kappa shape index (κ2) is 10.4. The first-order valence-corrected chi connectivity index (χ1v) is 11.1. The molecule has 0 saturated carbocycles. The highest BCUT2D eigenvalue weighted by molar-refractivity contribution is 6.33. The lowest BCUT2D eigenvalue weighted by Crippen LogP contribution is -2.48. The fraction of sp³-hybridized carbons (Fsp3) is 0.280. The molecular weight excluding hydrogens is 426 g/mol. The first-order valence-electron chi connectivity index (χ1n) is 10.7. The Bertz CT molecular complexity index is 1050. The van der Waals surface area contributed by atoms with Gasteiger partial charge in [0.2, 0.25) is 0 Å². The maximum atomic E-state index is 13.1. The zero-order valence-corrected chi connectivity index (χ0v) is 18.8. The predicted octanol–water partition coefficient (Wildman–Crippen LogP) is 4.68. The maximum Gasteiger partial charge on any atom is 0.254 e. The van der Waals surface area contributed by atoms with Crippen molar-refractivity contribution < 1.29 is 14.3 Å². The van der Waals surface area contributed by atoms with E-state index >= 15 is 0 Å². The van der Waals surface area contributed by atoms with E-state index in [2.05, 4.69) is 9.88 Å². The molecule has 166 valence electrons. The number of benzene rings is 2. The molecule has 0 aliphatic carbocycles. The lowest BCUT2D eigenvalue weighted by molar-refractivity contribution is 0.0746. The van der Waals surface area contributed by atoms with E-state index < -0.39 is 0 Å². The summed E-state index contributed by atoms with van der Waals surface area (Å²) in [4.78, 5) is 21.3. The number of pyridine rings is 1. The van der Waals surface area contributed by atoms with Crippen LogP contribution in [0, 0.1) is 0 Å². The van der Waals surface area contributed by atoms with E-state index in [0.29, 0.717) is 43.4 Å². The van der Waals surface area contributed by atoms with Crippen molar-refractivity contribution in [1.82, 2.24) is 9.88 Å². The van der Waals surface area contributed by atoms with E-state index in [-0.39, 0.29) is 5.91 Å². The molecule has 1 fully saturated rings. The minimum absolute atomic E-state index is 0.0106. The number of anilines is 1. The second-order valence-corrected chi connectivity index (χ2v) is 7.88. The van der Waals surface area contributed by atoms with Crippen LogP contribution in [0.2, 0.25) is 5.02 Å². The summed E-state index contributed by atoms with van der Waals surface area (Å²) in [5, 5.41) is 0.732. The Kier molecular flexibility index (Phi) is 7.12. The second-order valence-electron chi connectivity index (χ2n) is 7.48. The summed E-state index contributed by atoms with van der Waals surface area (Å²) in [6, 6.07) is 17.0. The van der Waals surface area contributed by atoms with Gasteiger partial charge in [-0.25, -0.2) is 0 Å². The average Bonchev–Trinajstić information content (AvgIpc) is 2.84. The van der Waals surface area contributed by atoms with Crippen LogP contribution < -0.4 is 14.4 Å². The average molecular weight is 452 g/mol. The minimum Gasteiger partial charge on any atom is -0.490 e. The largest absolute Gasteiger partial charge is 0.490 e. The zero-order valence-electron chi connectivity index (χ0n) is 18.0. The van der Waals surface area contributed by atoms with Crippen LogP contribution in [0.5, 0.6) is 11.5 Å². The number of carbonyl (C=O) groups excluding carboxylic acids is 1. The molecule has 0 unspecified atom stereocenters. The standard InChI is InChI=1S/C25H26ClN3O3/c1-2-31-24-16-20(9-10-23(24)32-18-19-6-5-11-27-17-19)25(30)29-14-12-28(13-15-29)22-8-4-3-7-21(22)26/h3-11,16-17H,2,12-15,18H2,1H3. The van der Waals surface area contributed by atoms with Crippen molar-refractivity contribution in [2.45, 2.75) is 13.5 Å². The van der Waals surface area contributed by atoms with Gasteiger partial charge >= 0.3 is 0 Å². The number of aromatic nitrogens is 1. The number of amides is 1. The third-order valence-corrected chi connectivity index (χ3v) is 5.69. The Morgan fingerprint density at radius 2 is 1.81 bits per heavy atom. The van der Waals surface area contributed by atoms with E-state index in [4.69, 9.17) is 21.1 Å². The smallest absolute Gasteiger partial charge is 0.254 e. The van der Waals surface area contributed by atoms with Crippen molar-refractivity contribution in [2.75, 3.05) is 37.7 Å². The van der Waals surface area contributed by atoms with Crippen molar-refractivity contribution in [3.8, 4) is 11.5 Å². The molecule has 1 aromatic heterocycles. The van der Waals surface area contributed by atoms with Crippen molar-refractivity contribution in [1.29, 1.82) is 0 Å². The molecule has 0 N–H and O–H groups in total. The third-order valence-electron chi connectivity index (χ3n) is 5.37. The van der Waals surface area contributed by atoms with Gasteiger partial charge in [0.15, 0.2) is 11.5 Å². The summed E-state index contributed by atoms with van der Waals surface area (Å²) < 4.78 is 11.7. The molecule has 7 heteroatoms. The molecular formula is C25H26ClN3O3. The van der Waals surface area contributed by atoms with E-state index in [1.54, 1.807) is 30.6 Å². The fourth-order valence-corrected chi connectivity index (χ4v) is 3.97. The summed E-state index contributed by atoms with van der Waals surface area (Å²) in [5.41, 5.74) is 2.56. The number of para-hydroxylation sites is 1. The Morgan fingerprint density at radius 3 is 2.53 bits per heavy atom. The van der Waals surface area contributed by atoms with Crippen LogP contribution in [0.25, 0.3) is 0 Å². The molecule has 0 radical (unpaired) electrons. The molecule has 4 rings (SSSR count). The molecule has 0 atom stereocenters. The van der Waals surface area contributed by atoms with Crippen LogP contribution in [-0.4, -0.2) is 48.6 Å². The van der Waals surface area contributed by atoms with E-state index in [1.807, 2.05) is 48.2 Å². The molecule has 3 aromatic rings. The van der Waals surface area contributed by atoms with Gasteiger partial charge in [-0.2, -0.15) is 0 Å². The minimum atomic E-state index is -0.0106. The molecule has 32 heavy (non-hydrogen) atoms. The molecule has 1 aliphatic rings. The molecule has 1 aliphatic heterocycles. The Labute approximate surface area is 193 Å². The fourth-order valence-electron chi connectivity index (χ4n) is 3.71. The van der Waals surface area contributed by atoms with Crippen LogP contribution in [0.1, 0.15) is 22.8 Å². The van der Waals surface area contributed by atoms with Gasteiger partial charge in [0, 0.05) is 49.7 Å². The number of nitrogens with zero attached hydrogens (tertiary/aromatic N) is 3. The quantitative estimate of drug-likeness (QED) is 0.522. The highest BCUT2D eigenvalue weighted by Gasteiger charge is 2.24. The Hall–Kier alpha value is -3.25. The third kappa shape index (κ3) is 5.14. The van der Waals surface area contributed by atoms with Gasteiger partial charge in [0.1, 0.15) is 6.61 Å². The van der Waals surface area contributed by atoms with Crippen LogP contribution in [0.3, 0.4) is 0 Å². The molecule has 0 bridgehead atoms. The van der Waals surface area contributed by atoms with Crippen molar-refractivity contribution in [3.63, 3.8) is 0 Å². The molecule has 2 heterocycles. The van der Waals surface area contributed by atoms with Gasteiger partial charge in [-0.1, -0.05) is 29.8 Å². The molecule has 1 saturated heterocycles. The summed E-state index contributed by atoms with van der Waals surface area (Å²) in [5.74, 6) is 1.16. The summed E-state index contributed by atoms with van der Waals surface area (Å²) >= 11 is 6.33. The van der Waals surface area contributed by atoms with E-state index in [9.17, 15) is 4.79 Å². The van der Waals surface area contributed by atoms with Crippen LogP contribution in [0.15, 0.2) is 67.0 Å². The number of halogens is 1. The maximum absolute atomic E-state index is 13.1. The monoisotopic (exact) mass is 451 g/mol. The SMILES string of the molecule is CCOc1cc(C(=O)N2CCN(c3ccccc3Cl)CC2)ccc1OCc1cccnc1. The number of carbonyl (C=O) groups is 1. The Morgan fingerprint density at radius 1 is 1.00 bits per heavy atom. The molecule has 2 aromatic carbocycles. The summed E-state index contributed by atoms with van der Waals surface area (Å²) in [6.07, 6.45) is 3.49. The van der Waals surface area contributed by atoms with Crippen LogP contribution >= 0.6 is 11.6 Å². The predicted molar refractivity (Wildman–Crippen MR) is 126 cm³/mol. The van der Waals surface area contributed by atoms with E-state index in [0.717, 1.165) is 29.4 Å². The molecule has 0 spiro atoms. The topological polar surface area (TPSA) is 54.9 Å². The number of ether oxygens (including phenoxy) is 2. The van der Waals surface area contributed by atoms with Crippen molar-refractivity contribution >= 4 is 23.2 Å². The van der Waals surface area contributed by atoms with E-state index in [1.165, 1.54) is 0 Å². The van der Waals surface area contributed by atoms with Crippen molar-refractivity contribution in [3.05, 3.63) is 83.1 Å². The number of hydrogen-bond donors (Lipinski definition) is 0. The highest BCUT2D eigenvalue weighted by atomic mass is 35.5. The van der Waals surface area contributed by atoms with Gasteiger partial charge in [-0.05, 0) is 43.3 Å². The van der Waals surface area contributed by atoms with Crippen LogP contribution in [-0.2, 0) is 6.61 Å². The highest BCUT2D eigenvalue weighted by Crippen LogP contribution is 2.30. The Balaban J connectivity index is 1.42. The van der Waals surface area contributed by atoms with Gasteiger partial charge in [0.05, 0.1) is 17.3 Å². The lowest BCUT2D eigenvalue weighted by Gasteiger charge is -2.36. The van der Waals surface area contributed by atoms with Gasteiger partial charge < -0.3 is 19.3 Å². The number of piperazine rings is 1. The zero-order chi connectivity index (χ0) is 22.3. The molecule has 6 nitrogen and oxygen atoms in total. The first kappa shape index (κ1) is 22.0.